The van der Waals surface area contributed by atoms with Gasteiger partial charge in [-0.15, -0.1) is 11.3 Å². The predicted octanol–water partition coefficient (Wildman–Crippen LogP) is 3.06. The van der Waals surface area contributed by atoms with Crippen LogP contribution in [0.25, 0.3) is 10.2 Å². The molecule has 0 fully saturated rings. The van der Waals surface area contributed by atoms with Gasteiger partial charge in [0.25, 0.3) is 0 Å². The molecule has 2 heterocycles. The highest BCUT2D eigenvalue weighted by Crippen LogP contribution is 2.27. The molecule has 19 heavy (non-hydrogen) atoms. The van der Waals surface area contributed by atoms with E-state index in [0.717, 1.165) is 27.4 Å². The van der Waals surface area contributed by atoms with Crippen LogP contribution in [-0.2, 0) is 0 Å². The third-order valence-electron chi connectivity index (χ3n) is 2.71. The van der Waals surface area contributed by atoms with Gasteiger partial charge in [0.1, 0.15) is 5.82 Å². The molecule has 0 atom stereocenters. The maximum Gasteiger partial charge on any atom is 0.229 e. The van der Waals surface area contributed by atoms with Crippen molar-refractivity contribution < 1.29 is 0 Å². The molecule has 6 heteroatoms. The average molecular weight is 271 g/mol. The summed E-state index contributed by atoms with van der Waals surface area (Å²) in [5, 5.41) is 8.27. The normalized spacial score (nSPS) is 10.6. The highest BCUT2D eigenvalue weighted by atomic mass is 32.1. The van der Waals surface area contributed by atoms with Crippen LogP contribution in [0.4, 0.5) is 23.1 Å². The molecule has 3 rings (SSSR count). The molecule has 3 aromatic rings. The highest BCUT2D eigenvalue weighted by molar-refractivity contribution is 7.17. The van der Waals surface area contributed by atoms with E-state index in [0.29, 0.717) is 5.95 Å². The number of rotatable bonds is 3. The van der Waals surface area contributed by atoms with Crippen molar-refractivity contribution in [2.75, 3.05) is 23.4 Å². The first-order valence-corrected chi connectivity index (χ1v) is 6.70. The summed E-state index contributed by atoms with van der Waals surface area (Å²) in [7, 11) is 1.86. The van der Waals surface area contributed by atoms with Crippen molar-refractivity contribution >= 4 is 44.7 Å². The molecule has 4 N–H and O–H groups in total. The molecule has 0 spiro atoms. The quantitative estimate of drug-likeness (QED) is 0.638. The van der Waals surface area contributed by atoms with Crippen LogP contribution in [0.2, 0.25) is 0 Å². The van der Waals surface area contributed by atoms with Gasteiger partial charge < -0.3 is 16.4 Å². The van der Waals surface area contributed by atoms with Crippen molar-refractivity contribution in [1.29, 1.82) is 0 Å². The molecule has 0 bridgehead atoms. The van der Waals surface area contributed by atoms with Crippen molar-refractivity contribution in [2.45, 2.75) is 0 Å². The van der Waals surface area contributed by atoms with Gasteiger partial charge in [-0.05, 0) is 35.7 Å². The van der Waals surface area contributed by atoms with Crippen LogP contribution < -0.4 is 16.4 Å². The topological polar surface area (TPSA) is 75.9 Å². The molecule has 0 radical (unpaired) electrons. The van der Waals surface area contributed by atoms with E-state index in [2.05, 4.69) is 20.6 Å². The number of thiophene rings is 1. The monoisotopic (exact) mass is 271 g/mol. The van der Waals surface area contributed by atoms with Gasteiger partial charge in [-0.2, -0.15) is 4.98 Å². The number of anilines is 4. The number of nitrogens with two attached hydrogens (primary N) is 1. The van der Waals surface area contributed by atoms with Crippen molar-refractivity contribution in [2.24, 2.45) is 0 Å². The van der Waals surface area contributed by atoms with Gasteiger partial charge in [-0.3, -0.25) is 0 Å². The van der Waals surface area contributed by atoms with Crippen LogP contribution in [0.3, 0.4) is 0 Å². The fourth-order valence-electron chi connectivity index (χ4n) is 1.78. The predicted molar refractivity (Wildman–Crippen MR) is 81.1 cm³/mol. The first-order valence-electron chi connectivity index (χ1n) is 5.82. The Balaban J connectivity index is 1.98. The lowest BCUT2D eigenvalue weighted by atomic mass is 10.3. The summed E-state index contributed by atoms with van der Waals surface area (Å²) in [5.74, 6) is 1.40. The maximum atomic E-state index is 5.66. The summed E-state index contributed by atoms with van der Waals surface area (Å²) in [4.78, 5) is 8.93. The Hall–Kier alpha value is -2.34. The first-order chi connectivity index (χ1) is 9.26. The number of aromatic nitrogens is 2. The van der Waals surface area contributed by atoms with Crippen LogP contribution in [0.5, 0.6) is 0 Å². The number of fused-ring (bicyclic) bond motifs is 1. The minimum atomic E-state index is 0.569. The lowest BCUT2D eigenvalue weighted by molar-refractivity contribution is 1.21. The third-order valence-corrected chi connectivity index (χ3v) is 3.62. The zero-order valence-electron chi connectivity index (χ0n) is 10.3. The summed E-state index contributed by atoms with van der Waals surface area (Å²) in [5.41, 5.74) is 8.23. The van der Waals surface area contributed by atoms with Crippen LogP contribution in [0.15, 0.2) is 35.7 Å². The van der Waals surface area contributed by atoms with Crippen molar-refractivity contribution in [3.63, 3.8) is 0 Å². The van der Waals surface area contributed by atoms with Crippen molar-refractivity contribution in [1.82, 2.24) is 9.97 Å². The molecule has 2 aromatic heterocycles. The highest BCUT2D eigenvalue weighted by Gasteiger charge is 2.07. The molecular formula is C13H13N5S. The summed E-state index contributed by atoms with van der Waals surface area (Å²) in [6.45, 7) is 0. The number of benzene rings is 1. The minimum Gasteiger partial charge on any atom is -0.399 e. The zero-order chi connectivity index (χ0) is 13.2. The van der Waals surface area contributed by atoms with Gasteiger partial charge in [-0.1, -0.05) is 0 Å². The Bertz CT molecular complexity index is 705. The van der Waals surface area contributed by atoms with E-state index in [-0.39, 0.29) is 0 Å². The van der Waals surface area contributed by atoms with E-state index in [9.17, 15) is 0 Å². The van der Waals surface area contributed by atoms with Crippen LogP contribution in [-0.4, -0.2) is 17.0 Å². The van der Waals surface area contributed by atoms with E-state index in [1.54, 1.807) is 11.3 Å². The molecule has 0 aliphatic heterocycles. The number of hydrogen-bond donors (Lipinski definition) is 3. The standard InChI is InChI=1S/C13H13N5S/c1-15-12-11-10(6-7-19-11)17-13(18-12)16-9-4-2-8(14)3-5-9/h2-7H,14H2,1H3,(H2,15,16,17,18). The van der Waals surface area contributed by atoms with Gasteiger partial charge >= 0.3 is 0 Å². The van der Waals surface area contributed by atoms with Crippen molar-refractivity contribution in [3.05, 3.63) is 35.7 Å². The Morgan fingerprint density at radius 3 is 2.63 bits per heavy atom. The van der Waals surface area contributed by atoms with E-state index < -0.39 is 0 Å². The molecule has 96 valence electrons. The second-order valence-corrected chi connectivity index (χ2v) is 4.94. The first kappa shape index (κ1) is 11.7. The molecule has 0 amide bonds. The Kier molecular flexibility index (Phi) is 2.92. The van der Waals surface area contributed by atoms with Gasteiger partial charge in [-0.25, -0.2) is 4.98 Å². The van der Waals surface area contributed by atoms with Crippen LogP contribution in [0.1, 0.15) is 0 Å². The molecule has 1 aromatic carbocycles. The van der Waals surface area contributed by atoms with Gasteiger partial charge in [0.15, 0.2) is 0 Å². The molecule has 0 aliphatic rings. The molecule has 0 saturated carbocycles. The summed E-state index contributed by atoms with van der Waals surface area (Å²) < 4.78 is 1.06. The Morgan fingerprint density at radius 2 is 1.89 bits per heavy atom. The van der Waals surface area contributed by atoms with Gasteiger partial charge in [0.2, 0.25) is 5.95 Å². The van der Waals surface area contributed by atoms with E-state index in [1.807, 2.05) is 42.8 Å². The fourth-order valence-corrected chi connectivity index (χ4v) is 2.61. The lowest BCUT2D eigenvalue weighted by Gasteiger charge is -2.07. The second kappa shape index (κ2) is 4.74. The van der Waals surface area contributed by atoms with Crippen molar-refractivity contribution in [3.8, 4) is 0 Å². The maximum absolute atomic E-state index is 5.66. The SMILES string of the molecule is CNc1nc(Nc2ccc(N)cc2)nc2ccsc12. The molecule has 0 unspecified atom stereocenters. The molecule has 5 nitrogen and oxygen atoms in total. The van der Waals surface area contributed by atoms with Gasteiger partial charge in [0, 0.05) is 18.4 Å². The van der Waals surface area contributed by atoms with Crippen LogP contribution in [0, 0.1) is 0 Å². The smallest absolute Gasteiger partial charge is 0.229 e. The number of hydrogen-bond acceptors (Lipinski definition) is 6. The average Bonchev–Trinajstić information content (AvgIpc) is 2.89. The number of nitrogens with zero attached hydrogens (tertiary/aromatic N) is 2. The summed E-state index contributed by atoms with van der Waals surface area (Å²) in [6, 6.07) is 9.46. The Labute approximate surface area is 114 Å². The third kappa shape index (κ3) is 2.30. The van der Waals surface area contributed by atoms with Crippen LogP contribution >= 0.6 is 11.3 Å². The van der Waals surface area contributed by atoms with E-state index in [1.165, 1.54) is 0 Å². The number of nitrogen functional groups attached to an aromatic ring is 1. The second-order valence-electron chi connectivity index (χ2n) is 4.03. The van der Waals surface area contributed by atoms with E-state index >= 15 is 0 Å². The summed E-state index contributed by atoms with van der Waals surface area (Å²) in [6.07, 6.45) is 0. The fraction of sp³-hybridized carbons (Fsp3) is 0.0769. The summed E-state index contributed by atoms with van der Waals surface area (Å²) >= 11 is 1.62. The van der Waals surface area contributed by atoms with E-state index in [4.69, 9.17) is 5.73 Å². The lowest BCUT2D eigenvalue weighted by Crippen LogP contribution is -2.01. The minimum absolute atomic E-state index is 0.569. The number of nitrogens with one attached hydrogen (secondary N) is 2. The van der Waals surface area contributed by atoms with Gasteiger partial charge in [0.05, 0.1) is 10.2 Å². The molecule has 0 aliphatic carbocycles. The zero-order valence-corrected chi connectivity index (χ0v) is 11.2. The molecular weight excluding hydrogens is 258 g/mol. The Morgan fingerprint density at radius 1 is 1.11 bits per heavy atom. The molecule has 0 saturated heterocycles. The largest absolute Gasteiger partial charge is 0.399 e.